The smallest absolute Gasteiger partial charge is 0.266 e. The number of nitrogens with zero attached hydrogens (tertiary/aromatic N) is 5. The molecule has 4 aromatic rings. The van der Waals surface area contributed by atoms with E-state index in [0.29, 0.717) is 28.6 Å². The molecule has 2 aromatic heterocycles. The van der Waals surface area contributed by atoms with E-state index >= 15 is 0 Å². The first-order chi connectivity index (χ1) is 12.2. The Bertz CT molecular complexity index is 1060. The average Bonchev–Trinajstić information content (AvgIpc) is 3.31. The van der Waals surface area contributed by atoms with E-state index in [9.17, 15) is 4.39 Å². The van der Waals surface area contributed by atoms with Gasteiger partial charge in [-0.15, -0.1) is 10.2 Å². The molecule has 0 aliphatic heterocycles. The van der Waals surface area contributed by atoms with Crippen molar-refractivity contribution in [3.63, 3.8) is 0 Å². The molecule has 0 N–H and O–H groups in total. The van der Waals surface area contributed by atoms with E-state index in [1.165, 1.54) is 12.1 Å². The molecule has 0 spiro atoms. The van der Waals surface area contributed by atoms with Gasteiger partial charge in [-0.3, -0.25) is 4.57 Å². The van der Waals surface area contributed by atoms with E-state index in [2.05, 4.69) is 21.3 Å². The van der Waals surface area contributed by atoms with Crippen LogP contribution in [0.3, 0.4) is 0 Å². The fourth-order valence-electron chi connectivity index (χ4n) is 2.39. The van der Waals surface area contributed by atoms with Gasteiger partial charge in [0.2, 0.25) is 5.89 Å². The van der Waals surface area contributed by atoms with Crippen molar-refractivity contribution in [2.75, 3.05) is 0 Å². The molecule has 0 unspecified atom stereocenters. The summed E-state index contributed by atoms with van der Waals surface area (Å²) in [7, 11) is 0. The number of rotatable bonds is 3. The van der Waals surface area contributed by atoms with Crippen molar-refractivity contribution in [2.45, 2.75) is 0 Å². The molecule has 0 amide bonds. The van der Waals surface area contributed by atoms with Crippen LogP contribution in [-0.4, -0.2) is 19.7 Å². The van der Waals surface area contributed by atoms with Crippen molar-refractivity contribution in [2.24, 2.45) is 0 Å². The zero-order chi connectivity index (χ0) is 17.2. The van der Waals surface area contributed by atoms with E-state index in [1.807, 2.05) is 0 Å². The number of halogens is 1. The maximum absolute atomic E-state index is 13.1. The van der Waals surface area contributed by atoms with Crippen LogP contribution in [0.4, 0.5) is 4.39 Å². The lowest BCUT2D eigenvalue weighted by Gasteiger charge is -2.04. The Morgan fingerprint density at radius 1 is 0.960 bits per heavy atom. The Morgan fingerprint density at radius 2 is 1.68 bits per heavy atom. The minimum Gasteiger partial charge on any atom is -0.415 e. The van der Waals surface area contributed by atoms with Gasteiger partial charge in [0.05, 0.1) is 24.2 Å². The van der Waals surface area contributed by atoms with E-state index in [1.54, 1.807) is 53.5 Å². The molecule has 0 aliphatic rings. The second kappa shape index (κ2) is 6.02. The summed E-state index contributed by atoms with van der Waals surface area (Å²) in [4.78, 5) is 4.11. The first-order valence-electron chi connectivity index (χ1n) is 7.37. The van der Waals surface area contributed by atoms with Gasteiger partial charge in [0.1, 0.15) is 11.5 Å². The van der Waals surface area contributed by atoms with Crippen LogP contribution in [0.2, 0.25) is 0 Å². The molecule has 0 radical (unpaired) electrons. The molecule has 0 atom stereocenters. The van der Waals surface area contributed by atoms with Gasteiger partial charge in [-0.25, -0.2) is 9.37 Å². The second-order valence-corrected chi connectivity index (χ2v) is 5.23. The highest BCUT2D eigenvalue weighted by molar-refractivity contribution is 5.58. The third kappa shape index (κ3) is 2.77. The van der Waals surface area contributed by atoms with Gasteiger partial charge in [0, 0.05) is 11.3 Å². The molecule has 7 heteroatoms. The lowest BCUT2D eigenvalue weighted by atomic mass is 10.1. The van der Waals surface area contributed by atoms with E-state index in [4.69, 9.17) is 9.68 Å². The summed E-state index contributed by atoms with van der Waals surface area (Å²) in [5, 5.41) is 17.0. The predicted octanol–water partition coefficient (Wildman–Crippen LogP) is 3.60. The number of hydrogen-bond donors (Lipinski definition) is 0. The fraction of sp³-hybridized carbons (Fsp3) is 0. The zero-order valence-corrected chi connectivity index (χ0v) is 12.8. The maximum Gasteiger partial charge on any atom is 0.266 e. The first kappa shape index (κ1) is 14.8. The molecule has 120 valence electrons. The Balaban J connectivity index is 1.70. The molecule has 4 rings (SSSR count). The van der Waals surface area contributed by atoms with Gasteiger partial charge in [-0.05, 0) is 48.5 Å². The lowest BCUT2D eigenvalue weighted by Crippen LogP contribution is -1.95. The summed E-state index contributed by atoms with van der Waals surface area (Å²) in [5.74, 6) is 0.318. The van der Waals surface area contributed by atoms with Gasteiger partial charge in [0.15, 0.2) is 0 Å². The summed E-state index contributed by atoms with van der Waals surface area (Å²) in [6, 6.07) is 14.9. The van der Waals surface area contributed by atoms with E-state index in [-0.39, 0.29) is 5.82 Å². The highest BCUT2D eigenvalue weighted by Crippen LogP contribution is 2.25. The SMILES string of the molecule is N#Cc1ccc(-c2nnc(-c3cncn3-c3ccc(F)cc3)o2)cc1. The van der Waals surface area contributed by atoms with Crippen molar-refractivity contribution in [1.29, 1.82) is 5.26 Å². The molecule has 2 aromatic carbocycles. The summed E-state index contributed by atoms with van der Waals surface area (Å²) >= 11 is 0. The Hall–Kier alpha value is -3.79. The van der Waals surface area contributed by atoms with Crippen molar-refractivity contribution < 1.29 is 8.81 Å². The number of imidazole rings is 1. The summed E-state index contributed by atoms with van der Waals surface area (Å²) in [6.45, 7) is 0. The van der Waals surface area contributed by atoms with E-state index in [0.717, 1.165) is 5.69 Å². The number of benzene rings is 2. The molecule has 0 fully saturated rings. The number of aromatic nitrogens is 4. The monoisotopic (exact) mass is 331 g/mol. The number of nitriles is 1. The van der Waals surface area contributed by atoms with Gasteiger partial charge < -0.3 is 4.42 Å². The van der Waals surface area contributed by atoms with Crippen molar-refractivity contribution in [3.8, 4) is 34.8 Å². The third-order valence-corrected chi connectivity index (χ3v) is 3.65. The molecule has 0 bridgehead atoms. The first-order valence-corrected chi connectivity index (χ1v) is 7.37. The molecule has 0 saturated heterocycles. The minimum atomic E-state index is -0.314. The van der Waals surface area contributed by atoms with Gasteiger partial charge in [-0.2, -0.15) is 5.26 Å². The normalized spacial score (nSPS) is 10.6. The Morgan fingerprint density at radius 3 is 2.40 bits per heavy atom. The van der Waals surface area contributed by atoms with Gasteiger partial charge >= 0.3 is 0 Å². The highest BCUT2D eigenvalue weighted by atomic mass is 19.1. The van der Waals surface area contributed by atoms with Crippen LogP contribution >= 0.6 is 0 Å². The Labute approximate surface area is 141 Å². The standard InChI is InChI=1S/C18H10FN5O/c19-14-5-7-15(8-6-14)24-11-21-10-16(24)18-23-22-17(25-18)13-3-1-12(9-20)2-4-13/h1-8,10-11H. The lowest BCUT2D eigenvalue weighted by molar-refractivity contribution is 0.580. The molecule has 25 heavy (non-hydrogen) atoms. The van der Waals surface area contributed by atoms with Crippen molar-refractivity contribution in [1.82, 2.24) is 19.7 Å². The van der Waals surface area contributed by atoms with Crippen LogP contribution in [0.5, 0.6) is 0 Å². The molecular weight excluding hydrogens is 321 g/mol. The predicted molar refractivity (Wildman–Crippen MR) is 87.0 cm³/mol. The van der Waals surface area contributed by atoms with Gasteiger partial charge in [0.25, 0.3) is 5.89 Å². The molecule has 0 saturated carbocycles. The Kier molecular flexibility index (Phi) is 3.56. The molecule has 6 nitrogen and oxygen atoms in total. The van der Waals surface area contributed by atoms with Crippen LogP contribution in [0.1, 0.15) is 5.56 Å². The fourth-order valence-corrected chi connectivity index (χ4v) is 2.39. The van der Waals surface area contributed by atoms with Crippen LogP contribution in [0.25, 0.3) is 28.7 Å². The van der Waals surface area contributed by atoms with Crippen molar-refractivity contribution in [3.05, 3.63) is 72.4 Å². The molecule has 0 aliphatic carbocycles. The maximum atomic E-state index is 13.1. The van der Waals surface area contributed by atoms with Crippen LogP contribution in [-0.2, 0) is 0 Å². The topological polar surface area (TPSA) is 80.5 Å². The molecular formula is C18H10FN5O. The second-order valence-electron chi connectivity index (χ2n) is 5.23. The zero-order valence-electron chi connectivity index (χ0n) is 12.8. The quantitative estimate of drug-likeness (QED) is 0.573. The van der Waals surface area contributed by atoms with Crippen molar-refractivity contribution >= 4 is 0 Å². The summed E-state index contributed by atoms with van der Waals surface area (Å²) in [6.07, 6.45) is 3.19. The summed E-state index contributed by atoms with van der Waals surface area (Å²) < 4.78 is 20.6. The molecule has 2 heterocycles. The average molecular weight is 331 g/mol. The number of hydrogen-bond acceptors (Lipinski definition) is 5. The van der Waals surface area contributed by atoms with E-state index < -0.39 is 0 Å². The third-order valence-electron chi connectivity index (χ3n) is 3.65. The summed E-state index contributed by atoms with van der Waals surface area (Å²) in [5.41, 5.74) is 2.59. The highest BCUT2D eigenvalue weighted by Gasteiger charge is 2.15. The van der Waals surface area contributed by atoms with Gasteiger partial charge in [-0.1, -0.05) is 0 Å². The van der Waals surface area contributed by atoms with Crippen LogP contribution < -0.4 is 0 Å². The van der Waals surface area contributed by atoms with Crippen LogP contribution in [0.15, 0.2) is 65.5 Å². The minimum absolute atomic E-state index is 0.293. The van der Waals surface area contributed by atoms with Crippen LogP contribution in [0, 0.1) is 17.1 Å². The largest absolute Gasteiger partial charge is 0.415 e.